The van der Waals surface area contributed by atoms with Crippen LogP contribution in [0.5, 0.6) is 0 Å². The number of rotatable bonds is 5. The molecule has 1 aliphatic heterocycles. The van der Waals surface area contributed by atoms with Crippen LogP contribution in [0, 0.1) is 0 Å². The number of pyridine rings is 1. The Bertz CT molecular complexity index is 413. The zero-order valence-electron chi connectivity index (χ0n) is 12.4. The first-order valence-corrected chi connectivity index (χ1v) is 7.27. The normalized spacial score (nSPS) is 17.4. The molecule has 1 saturated heterocycles. The standard InChI is InChI=1S/C15H24N4O/c1-13(2)17-15(20)12-19-9-7-18(8-10-19)11-14-5-3-4-6-16-14/h3-6,13H,7-12H2,1-2H3,(H,17,20). The Labute approximate surface area is 121 Å². The van der Waals surface area contributed by atoms with Gasteiger partial charge >= 0.3 is 0 Å². The number of nitrogens with one attached hydrogen (secondary N) is 1. The molecule has 1 fully saturated rings. The highest BCUT2D eigenvalue weighted by molar-refractivity contribution is 5.78. The van der Waals surface area contributed by atoms with E-state index in [0.717, 1.165) is 38.4 Å². The van der Waals surface area contributed by atoms with Gasteiger partial charge in [-0.2, -0.15) is 0 Å². The van der Waals surface area contributed by atoms with Crippen LogP contribution in [0.15, 0.2) is 24.4 Å². The Morgan fingerprint density at radius 1 is 1.25 bits per heavy atom. The van der Waals surface area contributed by atoms with Crippen molar-refractivity contribution in [3.8, 4) is 0 Å². The predicted octanol–water partition coefficient (Wildman–Crippen LogP) is 0.724. The smallest absolute Gasteiger partial charge is 0.234 e. The molecule has 0 radical (unpaired) electrons. The Balaban J connectivity index is 1.71. The van der Waals surface area contributed by atoms with Crippen LogP contribution in [-0.4, -0.2) is 59.5 Å². The molecule has 0 saturated carbocycles. The van der Waals surface area contributed by atoms with Gasteiger partial charge in [0, 0.05) is 45.0 Å². The van der Waals surface area contributed by atoms with Crippen molar-refractivity contribution in [2.24, 2.45) is 0 Å². The van der Waals surface area contributed by atoms with Gasteiger partial charge in [-0.1, -0.05) is 6.07 Å². The first-order valence-electron chi connectivity index (χ1n) is 7.27. The van der Waals surface area contributed by atoms with Gasteiger partial charge in [0.05, 0.1) is 12.2 Å². The summed E-state index contributed by atoms with van der Waals surface area (Å²) in [6.45, 7) is 9.25. The highest BCUT2D eigenvalue weighted by Gasteiger charge is 2.19. The van der Waals surface area contributed by atoms with Crippen molar-refractivity contribution >= 4 is 5.91 Å². The number of hydrogen-bond acceptors (Lipinski definition) is 4. The van der Waals surface area contributed by atoms with Crippen LogP contribution in [0.4, 0.5) is 0 Å². The predicted molar refractivity (Wildman–Crippen MR) is 79.2 cm³/mol. The second-order valence-corrected chi connectivity index (χ2v) is 5.60. The zero-order chi connectivity index (χ0) is 14.4. The molecule has 5 nitrogen and oxygen atoms in total. The monoisotopic (exact) mass is 276 g/mol. The van der Waals surface area contributed by atoms with Gasteiger partial charge in [0.1, 0.15) is 0 Å². The highest BCUT2D eigenvalue weighted by atomic mass is 16.2. The summed E-state index contributed by atoms with van der Waals surface area (Å²) in [5, 5.41) is 2.94. The maximum atomic E-state index is 11.7. The number of hydrogen-bond donors (Lipinski definition) is 1. The van der Waals surface area contributed by atoms with Crippen molar-refractivity contribution in [2.75, 3.05) is 32.7 Å². The van der Waals surface area contributed by atoms with Crippen molar-refractivity contribution in [3.63, 3.8) is 0 Å². The lowest BCUT2D eigenvalue weighted by Gasteiger charge is -2.34. The first-order chi connectivity index (χ1) is 9.63. The number of carbonyl (C=O) groups excluding carboxylic acids is 1. The lowest BCUT2D eigenvalue weighted by molar-refractivity contribution is -0.123. The topological polar surface area (TPSA) is 48.5 Å². The minimum atomic E-state index is 0.123. The van der Waals surface area contributed by atoms with E-state index in [1.54, 1.807) is 0 Å². The fourth-order valence-corrected chi connectivity index (χ4v) is 2.40. The number of carbonyl (C=O) groups is 1. The zero-order valence-corrected chi connectivity index (χ0v) is 12.4. The van der Waals surface area contributed by atoms with Crippen molar-refractivity contribution in [1.82, 2.24) is 20.1 Å². The Hall–Kier alpha value is -1.46. The summed E-state index contributed by atoms with van der Waals surface area (Å²) in [5.74, 6) is 0.123. The van der Waals surface area contributed by atoms with Gasteiger partial charge in [0.15, 0.2) is 0 Å². The van der Waals surface area contributed by atoms with E-state index in [9.17, 15) is 4.79 Å². The Kier molecular flexibility index (Phi) is 5.49. The van der Waals surface area contributed by atoms with Gasteiger partial charge in [-0.3, -0.25) is 19.6 Å². The van der Waals surface area contributed by atoms with Crippen molar-refractivity contribution in [3.05, 3.63) is 30.1 Å². The summed E-state index contributed by atoms with van der Waals surface area (Å²) >= 11 is 0. The average Bonchev–Trinajstić information content (AvgIpc) is 2.41. The number of aromatic nitrogens is 1. The first kappa shape index (κ1) is 14.9. The van der Waals surface area contributed by atoms with Crippen LogP contribution in [-0.2, 0) is 11.3 Å². The summed E-state index contributed by atoms with van der Waals surface area (Å²) in [4.78, 5) is 20.7. The average molecular weight is 276 g/mol. The Morgan fingerprint density at radius 2 is 1.95 bits per heavy atom. The van der Waals surface area contributed by atoms with Gasteiger partial charge in [0.2, 0.25) is 5.91 Å². The van der Waals surface area contributed by atoms with Crippen LogP contribution in [0.2, 0.25) is 0 Å². The number of amides is 1. The molecule has 1 amide bonds. The van der Waals surface area contributed by atoms with Crippen LogP contribution >= 0.6 is 0 Å². The molecular weight excluding hydrogens is 252 g/mol. The van der Waals surface area contributed by atoms with Gasteiger partial charge < -0.3 is 5.32 Å². The van der Waals surface area contributed by atoms with E-state index in [4.69, 9.17) is 0 Å². The lowest BCUT2D eigenvalue weighted by atomic mass is 10.2. The molecule has 1 aromatic heterocycles. The summed E-state index contributed by atoms with van der Waals surface area (Å²) in [7, 11) is 0. The van der Waals surface area contributed by atoms with E-state index in [1.165, 1.54) is 0 Å². The highest BCUT2D eigenvalue weighted by Crippen LogP contribution is 2.06. The third kappa shape index (κ3) is 4.90. The van der Waals surface area contributed by atoms with Crippen LogP contribution in [0.3, 0.4) is 0 Å². The second kappa shape index (κ2) is 7.36. The second-order valence-electron chi connectivity index (χ2n) is 5.60. The molecule has 0 unspecified atom stereocenters. The van der Waals surface area contributed by atoms with E-state index in [-0.39, 0.29) is 11.9 Å². The van der Waals surface area contributed by atoms with Crippen molar-refractivity contribution in [2.45, 2.75) is 26.4 Å². The molecule has 20 heavy (non-hydrogen) atoms. The SMILES string of the molecule is CC(C)NC(=O)CN1CCN(Cc2ccccn2)CC1. The van der Waals surface area contributed by atoms with Gasteiger partial charge in [0.25, 0.3) is 0 Å². The summed E-state index contributed by atoms with van der Waals surface area (Å²) in [6, 6.07) is 6.24. The van der Waals surface area contributed by atoms with E-state index in [0.29, 0.717) is 6.54 Å². The maximum absolute atomic E-state index is 11.7. The van der Waals surface area contributed by atoms with Crippen molar-refractivity contribution < 1.29 is 4.79 Å². The fourth-order valence-electron chi connectivity index (χ4n) is 2.40. The molecule has 0 bridgehead atoms. The summed E-state index contributed by atoms with van der Waals surface area (Å²) in [5.41, 5.74) is 1.11. The molecule has 110 valence electrons. The van der Waals surface area contributed by atoms with Gasteiger partial charge in [-0.25, -0.2) is 0 Å². The van der Waals surface area contributed by atoms with Gasteiger partial charge in [-0.15, -0.1) is 0 Å². The van der Waals surface area contributed by atoms with Crippen molar-refractivity contribution in [1.29, 1.82) is 0 Å². The molecular formula is C15H24N4O. The largest absolute Gasteiger partial charge is 0.353 e. The lowest BCUT2D eigenvalue weighted by Crippen LogP contribution is -2.49. The van der Waals surface area contributed by atoms with Crippen LogP contribution < -0.4 is 5.32 Å². The van der Waals surface area contributed by atoms with Crippen LogP contribution in [0.25, 0.3) is 0 Å². The fraction of sp³-hybridized carbons (Fsp3) is 0.600. The summed E-state index contributed by atoms with van der Waals surface area (Å²) < 4.78 is 0. The molecule has 1 aliphatic rings. The van der Waals surface area contributed by atoms with E-state index in [1.807, 2.05) is 32.2 Å². The quantitative estimate of drug-likeness (QED) is 0.861. The van der Waals surface area contributed by atoms with E-state index < -0.39 is 0 Å². The Morgan fingerprint density at radius 3 is 2.55 bits per heavy atom. The number of piperazine rings is 1. The number of nitrogens with zero attached hydrogens (tertiary/aromatic N) is 3. The third-order valence-electron chi connectivity index (χ3n) is 3.39. The van der Waals surface area contributed by atoms with Gasteiger partial charge in [-0.05, 0) is 26.0 Å². The molecule has 1 aromatic rings. The molecule has 0 aliphatic carbocycles. The molecule has 0 atom stereocenters. The minimum Gasteiger partial charge on any atom is -0.353 e. The molecule has 2 heterocycles. The minimum absolute atomic E-state index is 0.123. The molecule has 5 heteroatoms. The maximum Gasteiger partial charge on any atom is 0.234 e. The molecule has 1 N–H and O–H groups in total. The third-order valence-corrected chi connectivity index (χ3v) is 3.39. The van der Waals surface area contributed by atoms with E-state index >= 15 is 0 Å². The van der Waals surface area contributed by atoms with E-state index in [2.05, 4.69) is 26.2 Å². The molecule has 0 aromatic carbocycles. The molecule has 0 spiro atoms. The van der Waals surface area contributed by atoms with Crippen LogP contribution in [0.1, 0.15) is 19.5 Å². The molecule has 2 rings (SSSR count). The summed E-state index contributed by atoms with van der Waals surface area (Å²) in [6.07, 6.45) is 1.84.